The Labute approximate surface area is 120 Å². The molecule has 2 aromatic carbocycles. The van der Waals surface area contributed by atoms with E-state index >= 15 is 0 Å². The molecule has 0 heterocycles. The van der Waals surface area contributed by atoms with E-state index in [1.54, 1.807) is 0 Å². The van der Waals surface area contributed by atoms with Gasteiger partial charge in [0.15, 0.2) is 0 Å². The summed E-state index contributed by atoms with van der Waals surface area (Å²) in [7, 11) is 0. The van der Waals surface area contributed by atoms with Crippen LogP contribution in [0.3, 0.4) is 0 Å². The monoisotopic (exact) mass is 268 g/mol. The van der Waals surface area contributed by atoms with Crippen molar-refractivity contribution >= 4 is 0 Å². The Morgan fingerprint density at radius 2 is 2.00 bits per heavy atom. The van der Waals surface area contributed by atoms with Crippen LogP contribution in [0.1, 0.15) is 36.1 Å². The summed E-state index contributed by atoms with van der Waals surface area (Å²) in [6.07, 6.45) is 2.12. The fourth-order valence-corrected chi connectivity index (χ4v) is 2.84. The lowest BCUT2D eigenvalue weighted by molar-refractivity contribution is 0.0230. The first-order chi connectivity index (χ1) is 9.78. The van der Waals surface area contributed by atoms with Gasteiger partial charge in [-0.25, -0.2) is 0 Å². The highest BCUT2D eigenvalue weighted by Gasteiger charge is 2.29. The summed E-state index contributed by atoms with van der Waals surface area (Å²) in [5, 5.41) is 10.5. The van der Waals surface area contributed by atoms with Gasteiger partial charge in [-0.3, -0.25) is 0 Å². The molecule has 2 atom stereocenters. The van der Waals surface area contributed by atoms with E-state index in [-0.39, 0.29) is 6.10 Å². The van der Waals surface area contributed by atoms with Crippen LogP contribution >= 0.6 is 0 Å². The predicted molar refractivity (Wildman–Crippen MR) is 80.0 cm³/mol. The molecule has 2 nitrogen and oxygen atoms in total. The molecular formula is C18H20O2. The minimum absolute atomic E-state index is 0.156. The van der Waals surface area contributed by atoms with E-state index in [4.69, 9.17) is 4.74 Å². The predicted octanol–water partition coefficient (Wildman–Crippen LogP) is 3.68. The van der Waals surface area contributed by atoms with E-state index in [0.717, 1.165) is 30.6 Å². The number of hydrogen-bond donors (Lipinski definition) is 1. The summed E-state index contributed by atoms with van der Waals surface area (Å²) >= 11 is 0. The SMILES string of the molecule is CCc1cccc(OC2CCc3ccccc3C2O)c1. The minimum Gasteiger partial charge on any atom is -0.487 e. The third-order valence-electron chi connectivity index (χ3n) is 4.02. The molecule has 0 aromatic heterocycles. The smallest absolute Gasteiger partial charge is 0.129 e. The molecule has 0 bridgehead atoms. The Balaban J connectivity index is 1.79. The van der Waals surface area contributed by atoms with Gasteiger partial charge in [0.1, 0.15) is 18.0 Å². The highest BCUT2D eigenvalue weighted by atomic mass is 16.5. The van der Waals surface area contributed by atoms with Crippen LogP contribution in [0.4, 0.5) is 0 Å². The van der Waals surface area contributed by atoms with Gasteiger partial charge in [-0.1, -0.05) is 43.3 Å². The highest BCUT2D eigenvalue weighted by molar-refractivity contribution is 5.34. The number of ether oxygens (including phenoxy) is 1. The summed E-state index contributed by atoms with van der Waals surface area (Å²) < 4.78 is 6.02. The zero-order valence-electron chi connectivity index (χ0n) is 11.8. The van der Waals surface area contributed by atoms with Crippen LogP contribution in [0.25, 0.3) is 0 Å². The van der Waals surface area contributed by atoms with E-state index in [2.05, 4.69) is 25.1 Å². The first-order valence-electron chi connectivity index (χ1n) is 7.29. The van der Waals surface area contributed by atoms with Crippen molar-refractivity contribution < 1.29 is 9.84 Å². The van der Waals surface area contributed by atoms with Gasteiger partial charge in [0, 0.05) is 0 Å². The number of fused-ring (bicyclic) bond motifs is 1. The molecule has 1 aliphatic carbocycles. The lowest BCUT2D eigenvalue weighted by atomic mass is 9.87. The van der Waals surface area contributed by atoms with Crippen molar-refractivity contribution in [3.8, 4) is 5.75 Å². The van der Waals surface area contributed by atoms with E-state index < -0.39 is 6.10 Å². The minimum atomic E-state index is -0.537. The van der Waals surface area contributed by atoms with Gasteiger partial charge in [-0.15, -0.1) is 0 Å². The van der Waals surface area contributed by atoms with Crippen LogP contribution in [-0.4, -0.2) is 11.2 Å². The zero-order valence-corrected chi connectivity index (χ0v) is 11.8. The molecule has 0 fully saturated rings. The molecule has 3 rings (SSSR count). The lowest BCUT2D eigenvalue weighted by Gasteiger charge is -2.30. The molecule has 20 heavy (non-hydrogen) atoms. The molecular weight excluding hydrogens is 248 g/mol. The maximum absolute atomic E-state index is 10.5. The van der Waals surface area contributed by atoms with E-state index in [9.17, 15) is 5.11 Å². The summed E-state index contributed by atoms with van der Waals surface area (Å²) in [6, 6.07) is 16.2. The van der Waals surface area contributed by atoms with Crippen molar-refractivity contribution in [2.45, 2.75) is 38.4 Å². The Kier molecular flexibility index (Phi) is 3.75. The molecule has 0 amide bonds. The van der Waals surface area contributed by atoms with Crippen molar-refractivity contribution in [1.29, 1.82) is 0 Å². The lowest BCUT2D eigenvalue weighted by Crippen LogP contribution is -2.30. The Bertz CT molecular complexity index is 591. The van der Waals surface area contributed by atoms with Gasteiger partial charge in [0.05, 0.1) is 0 Å². The normalized spacial score (nSPS) is 21.3. The van der Waals surface area contributed by atoms with Crippen LogP contribution in [-0.2, 0) is 12.8 Å². The van der Waals surface area contributed by atoms with Crippen molar-refractivity contribution in [2.75, 3.05) is 0 Å². The molecule has 0 radical (unpaired) electrons. The van der Waals surface area contributed by atoms with E-state index in [0.29, 0.717) is 0 Å². The molecule has 0 saturated heterocycles. The summed E-state index contributed by atoms with van der Waals surface area (Å²) in [5.74, 6) is 0.854. The molecule has 0 aliphatic heterocycles. The van der Waals surface area contributed by atoms with Gasteiger partial charge >= 0.3 is 0 Å². The van der Waals surface area contributed by atoms with Gasteiger partial charge in [-0.05, 0) is 48.1 Å². The Hall–Kier alpha value is -1.80. The zero-order chi connectivity index (χ0) is 13.9. The second-order valence-electron chi connectivity index (χ2n) is 5.34. The molecule has 1 aliphatic rings. The highest BCUT2D eigenvalue weighted by Crippen LogP contribution is 2.32. The van der Waals surface area contributed by atoms with Crippen LogP contribution in [0.2, 0.25) is 0 Å². The van der Waals surface area contributed by atoms with E-state index in [1.165, 1.54) is 11.1 Å². The van der Waals surface area contributed by atoms with Crippen molar-refractivity contribution in [1.82, 2.24) is 0 Å². The number of aliphatic hydroxyl groups excluding tert-OH is 1. The Morgan fingerprint density at radius 1 is 1.15 bits per heavy atom. The molecule has 0 spiro atoms. The number of benzene rings is 2. The van der Waals surface area contributed by atoms with Gasteiger partial charge in [0.2, 0.25) is 0 Å². The van der Waals surface area contributed by atoms with Crippen LogP contribution in [0, 0.1) is 0 Å². The Morgan fingerprint density at radius 3 is 2.85 bits per heavy atom. The molecule has 1 N–H and O–H groups in total. The maximum Gasteiger partial charge on any atom is 0.129 e. The van der Waals surface area contributed by atoms with Gasteiger partial charge in [0.25, 0.3) is 0 Å². The number of aliphatic hydroxyl groups is 1. The molecule has 0 saturated carbocycles. The van der Waals surface area contributed by atoms with Crippen molar-refractivity contribution in [3.63, 3.8) is 0 Å². The number of hydrogen-bond acceptors (Lipinski definition) is 2. The van der Waals surface area contributed by atoms with Crippen molar-refractivity contribution in [3.05, 3.63) is 65.2 Å². The quantitative estimate of drug-likeness (QED) is 0.920. The topological polar surface area (TPSA) is 29.5 Å². The average molecular weight is 268 g/mol. The summed E-state index contributed by atoms with van der Waals surface area (Å²) in [6.45, 7) is 2.13. The molecule has 2 heteroatoms. The van der Waals surface area contributed by atoms with Crippen LogP contribution in [0.15, 0.2) is 48.5 Å². The second-order valence-corrected chi connectivity index (χ2v) is 5.34. The number of aryl methyl sites for hydroxylation is 2. The number of rotatable bonds is 3. The summed E-state index contributed by atoms with van der Waals surface area (Å²) in [5.41, 5.74) is 3.51. The van der Waals surface area contributed by atoms with E-state index in [1.807, 2.05) is 30.3 Å². The fraction of sp³-hybridized carbons (Fsp3) is 0.333. The van der Waals surface area contributed by atoms with Crippen molar-refractivity contribution in [2.24, 2.45) is 0 Å². The molecule has 2 aromatic rings. The second kappa shape index (κ2) is 5.68. The molecule has 104 valence electrons. The third-order valence-corrected chi connectivity index (χ3v) is 4.02. The first-order valence-corrected chi connectivity index (χ1v) is 7.29. The first kappa shape index (κ1) is 13.2. The van der Waals surface area contributed by atoms with Crippen LogP contribution in [0.5, 0.6) is 5.75 Å². The standard InChI is InChI=1S/C18H20O2/c1-2-13-6-5-8-15(12-13)20-17-11-10-14-7-3-4-9-16(14)18(17)19/h3-9,12,17-19H,2,10-11H2,1H3. The van der Waals surface area contributed by atoms with Crippen LogP contribution < -0.4 is 4.74 Å². The van der Waals surface area contributed by atoms with Gasteiger partial charge < -0.3 is 9.84 Å². The van der Waals surface area contributed by atoms with Gasteiger partial charge in [-0.2, -0.15) is 0 Å². The fourth-order valence-electron chi connectivity index (χ4n) is 2.84. The molecule has 2 unspecified atom stereocenters. The third kappa shape index (κ3) is 2.56. The maximum atomic E-state index is 10.5. The largest absolute Gasteiger partial charge is 0.487 e. The average Bonchev–Trinajstić information content (AvgIpc) is 2.50. The summed E-state index contributed by atoms with van der Waals surface area (Å²) in [4.78, 5) is 0.